The molecule has 0 amide bonds. The van der Waals surface area contributed by atoms with Crippen molar-refractivity contribution >= 4 is 5.57 Å². The van der Waals surface area contributed by atoms with Gasteiger partial charge in [0.1, 0.15) is 5.82 Å². The van der Waals surface area contributed by atoms with Crippen LogP contribution < -0.4 is 5.32 Å². The van der Waals surface area contributed by atoms with Gasteiger partial charge in [-0.3, -0.25) is 0 Å². The van der Waals surface area contributed by atoms with Crippen LogP contribution in [0, 0.1) is 39.3 Å². The average Bonchev–Trinajstić information content (AvgIpc) is 2.99. The standard InChI is InChI=1S/C42H59FN2/c1-13-29(5)36-17-16-18-37(43)39(36)34(15-3)21-28(4)24-45-38-23-35(20-19-30(38)6)33(14-2)22-31(7)32(8)42(40(9,10)11)25-41(12,26-42)27-44/h14,16-20,22,28,34,38,45H,2,5,13,15,21,23-26H2,1,3-4,6-12H3/b32-31+,33-22+. The van der Waals surface area contributed by atoms with Gasteiger partial charge < -0.3 is 5.32 Å². The van der Waals surface area contributed by atoms with Gasteiger partial charge in [-0.1, -0.05) is 108 Å². The third-order valence-electron chi connectivity index (χ3n) is 11.0. The quantitative estimate of drug-likeness (QED) is 0.226. The van der Waals surface area contributed by atoms with Gasteiger partial charge in [-0.2, -0.15) is 5.26 Å². The molecule has 2 nitrogen and oxygen atoms in total. The minimum absolute atomic E-state index is 0.0194. The molecule has 1 fully saturated rings. The minimum atomic E-state index is -0.247. The Balaban J connectivity index is 1.75. The first-order valence-electron chi connectivity index (χ1n) is 17.1. The van der Waals surface area contributed by atoms with E-state index >= 15 is 4.39 Å². The van der Waals surface area contributed by atoms with Crippen molar-refractivity contribution in [2.45, 2.75) is 120 Å². The first kappa shape index (κ1) is 36.5. The number of hydrogen-bond acceptors (Lipinski definition) is 2. The van der Waals surface area contributed by atoms with Gasteiger partial charge in [-0.25, -0.2) is 4.39 Å². The van der Waals surface area contributed by atoms with E-state index in [4.69, 9.17) is 0 Å². The highest BCUT2D eigenvalue weighted by Gasteiger charge is 2.58. The molecule has 0 heterocycles. The molecule has 0 aromatic heterocycles. The molecule has 0 radical (unpaired) electrons. The maximum atomic E-state index is 15.2. The Labute approximate surface area is 275 Å². The zero-order valence-electron chi connectivity index (χ0n) is 30.0. The molecule has 3 heteroatoms. The molecule has 1 aromatic carbocycles. The zero-order valence-corrected chi connectivity index (χ0v) is 30.0. The molecule has 0 bridgehead atoms. The monoisotopic (exact) mass is 610 g/mol. The Morgan fingerprint density at radius 2 is 1.87 bits per heavy atom. The molecule has 244 valence electrons. The van der Waals surface area contributed by atoms with E-state index in [9.17, 15) is 5.26 Å². The number of hydrogen-bond donors (Lipinski definition) is 1. The van der Waals surface area contributed by atoms with E-state index in [1.165, 1.54) is 22.3 Å². The normalized spacial score (nSPS) is 25.6. The molecule has 2 aliphatic carbocycles. The molecule has 3 unspecified atom stereocenters. The summed E-state index contributed by atoms with van der Waals surface area (Å²) in [6.45, 7) is 31.6. The SMILES string of the molecule is C=C/C(=C\C(C)=C(/C)C1(C(C)(C)C)CC(C)(C#N)C1)C1=CC=C(C)C(NCC(C)CC(CC)c2c(F)cccc2C(=C)CC)C1. The molecule has 45 heavy (non-hydrogen) atoms. The summed E-state index contributed by atoms with van der Waals surface area (Å²) in [5, 5.41) is 13.6. The van der Waals surface area contributed by atoms with Crippen LogP contribution in [0.5, 0.6) is 0 Å². The summed E-state index contributed by atoms with van der Waals surface area (Å²) in [5.74, 6) is 0.436. The van der Waals surface area contributed by atoms with Gasteiger partial charge >= 0.3 is 0 Å². The van der Waals surface area contributed by atoms with E-state index < -0.39 is 0 Å². The summed E-state index contributed by atoms with van der Waals surface area (Å²) < 4.78 is 15.2. The highest BCUT2D eigenvalue weighted by Crippen LogP contribution is 2.66. The Hall–Kier alpha value is -2.96. The summed E-state index contributed by atoms with van der Waals surface area (Å²) in [6.07, 6.45) is 14.1. The van der Waals surface area contributed by atoms with Crippen molar-refractivity contribution in [2.24, 2.45) is 22.2 Å². The topological polar surface area (TPSA) is 35.8 Å². The predicted octanol–water partition coefficient (Wildman–Crippen LogP) is 11.8. The molecule has 3 rings (SSSR count). The second kappa shape index (κ2) is 14.6. The van der Waals surface area contributed by atoms with Crippen LogP contribution in [0.3, 0.4) is 0 Å². The number of nitrogens with one attached hydrogen (secondary N) is 1. The van der Waals surface area contributed by atoms with Crippen LogP contribution in [0.15, 0.2) is 83.5 Å². The van der Waals surface area contributed by atoms with E-state index in [-0.39, 0.29) is 34.0 Å². The fourth-order valence-corrected chi connectivity index (χ4v) is 7.82. The molecular weight excluding hydrogens is 551 g/mol. The van der Waals surface area contributed by atoms with Crippen LogP contribution >= 0.6 is 0 Å². The molecule has 0 aliphatic heterocycles. The number of halogens is 1. The minimum Gasteiger partial charge on any atom is -0.310 e. The number of rotatable bonds is 13. The molecule has 1 N–H and O–H groups in total. The molecule has 3 atom stereocenters. The van der Waals surface area contributed by atoms with Gasteiger partial charge in [-0.05, 0) is 129 Å². The van der Waals surface area contributed by atoms with E-state index in [0.717, 1.165) is 67.3 Å². The van der Waals surface area contributed by atoms with Crippen LogP contribution in [-0.4, -0.2) is 12.6 Å². The molecule has 0 spiro atoms. The summed E-state index contributed by atoms with van der Waals surface area (Å²) in [6, 6.07) is 8.24. The van der Waals surface area contributed by atoms with Crippen LogP contribution in [0.4, 0.5) is 4.39 Å². The third kappa shape index (κ3) is 7.89. The molecule has 1 aromatic rings. The van der Waals surface area contributed by atoms with Gasteiger partial charge in [0.25, 0.3) is 0 Å². The summed E-state index contributed by atoms with van der Waals surface area (Å²) in [5.41, 5.74) is 9.11. The largest absolute Gasteiger partial charge is 0.310 e. The summed E-state index contributed by atoms with van der Waals surface area (Å²) in [7, 11) is 0. The molecule has 2 aliphatic rings. The van der Waals surface area contributed by atoms with Crippen LogP contribution in [0.1, 0.15) is 125 Å². The van der Waals surface area contributed by atoms with Crippen LogP contribution in [-0.2, 0) is 0 Å². The lowest BCUT2D eigenvalue weighted by atomic mass is 9.43. The highest BCUT2D eigenvalue weighted by molar-refractivity contribution is 5.67. The molecule has 1 saturated carbocycles. The zero-order chi connectivity index (χ0) is 33.7. The second-order valence-electron chi connectivity index (χ2n) is 15.3. The van der Waals surface area contributed by atoms with E-state index in [0.29, 0.717) is 5.92 Å². The van der Waals surface area contributed by atoms with Gasteiger partial charge in [0.05, 0.1) is 11.5 Å². The van der Waals surface area contributed by atoms with Gasteiger partial charge in [0, 0.05) is 6.04 Å². The molecular formula is C42H59FN2. The smallest absolute Gasteiger partial charge is 0.127 e. The van der Waals surface area contributed by atoms with E-state index in [2.05, 4.69) is 112 Å². The van der Waals surface area contributed by atoms with Crippen molar-refractivity contribution in [1.29, 1.82) is 5.26 Å². The van der Waals surface area contributed by atoms with Gasteiger partial charge in [0.2, 0.25) is 0 Å². The van der Waals surface area contributed by atoms with E-state index in [1.807, 2.05) is 12.1 Å². The lowest BCUT2D eigenvalue weighted by Gasteiger charge is -2.60. The first-order chi connectivity index (χ1) is 21.1. The Morgan fingerprint density at radius 3 is 2.42 bits per heavy atom. The van der Waals surface area contributed by atoms with Crippen molar-refractivity contribution in [3.05, 3.63) is 100 Å². The number of nitriles is 1. The summed E-state index contributed by atoms with van der Waals surface area (Å²) >= 11 is 0. The van der Waals surface area contributed by atoms with E-state index in [1.54, 1.807) is 12.1 Å². The maximum absolute atomic E-state index is 15.2. The van der Waals surface area contributed by atoms with Crippen LogP contribution in [0.2, 0.25) is 0 Å². The van der Waals surface area contributed by atoms with Crippen molar-refractivity contribution in [3.8, 4) is 6.07 Å². The first-order valence-corrected chi connectivity index (χ1v) is 17.1. The number of nitrogens with zero attached hydrogens (tertiary/aromatic N) is 1. The lowest BCUT2D eigenvalue weighted by Crippen LogP contribution is -2.52. The summed E-state index contributed by atoms with van der Waals surface area (Å²) in [4.78, 5) is 0. The average molecular weight is 611 g/mol. The number of benzene rings is 1. The second-order valence-corrected chi connectivity index (χ2v) is 15.3. The van der Waals surface area contributed by atoms with Gasteiger partial charge in [-0.15, -0.1) is 0 Å². The van der Waals surface area contributed by atoms with Crippen molar-refractivity contribution in [1.82, 2.24) is 5.32 Å². The van der Waals surface area contributed by atoms with Crippen molar-refractivity contribution in [3.63, 3.8) is 0 Å². The van der Waals surface area contributed by atoms with Crippen LogP contribution in [0.25, 0.3) is 5.57 Å². The predicted molar refractivity (Wildman–Crippen MR) is 192 cm³/mol. The highest BCUT2D eigenvalue weighted by atomic mass is 19.1. The fourth-order valence-electron chi connectivity index (χ4n) is 7.82. The number of allylic oxidation sites excluding steroid dienone is 8. The Morgan fingerprint density at radius 1 is 1.20 bits per heavy atom. The van der Waals surface area contributed by atoms with Crippen molar-refractivity contribution in [2.75, 3.05) is 6.54 Å². The Kier molecular flexibility index (Phi) is 11.9. The third-order valence-corrected chi connectivity index (χ3v) is 11.0. The molecule has 0 saturated heterocycles. The lowest BCUT2D eigenvalue weighted by molar-refractivity contribution is -0.0451. The van der Waals surface area contributed by atoms with Crippen molar-refractivity contribution < 1.29 is 4.39 Å². The maximum Gasteiger partial charge on any atom is 0.127 e. The Bertz CT molecular complexity index is 1430. The van der Waals surface area contributed by atoms with Gasteiger partial charge in [0.15, 0.2) is 0 Å². The fraction of sp³-hybridized carbons (Fsp3) is 0.548.